The molecule has 1 amide bonds. The summed E-state index contributed by atoms with van der Waals surface area (Å²) >= 11 is 0. The lowest BCUT2D eigenvalue weighted by Crippen LogP contribution is -2.53. The number of hydrogen-bond donors (Lipinski definition) is 0. The van der Waals surface area contributed by atoms with E-state index in [4.69, 9.17) is 14.2 Å². The highest BCUT2D eigenvalue weighted by Gasteiger charge is 2.49. The van der Waals surface area contributed by atoms with E-state index in [0.717, 1.165) is 0 Å². The summed E-state index contributed by atoms with van der Waals surface area (Å²) in [6, 6.07) is -0.152. The van der Waals surface area contributed by atoms with Crippen molar-refractivity contribution < 1.29 is 19.0 Å². The maximum atomic E-state index is 12.5. The van der Waals surface area contributed by atoms with Crippen molar-refractivity contribution in [3.63, 3.8) is 0 Å². The van der Waals surface area contributed by atoms with E-state index in [-0.39, 0.29) is 24.3 Å². The van der Waals surface area contributed by atoms with Gasteiger partial charge < -0.3 is 14.2 Å². The quantitative estimate of drug-likeness (QED) is 0.694. The van der Waals surface area contributed by atoms with Crippen molar-refractivity contribution in [2.45, 2.75) is 71.1 Å². The minimum absolute atomic E-state index is 0.0733. The molecule has 0 saturated carbocycles. The third-order valence-electron chi connectivity index (χ3n) is 3.43. The van der Waals surface area contributed by atoms with Crippen LogP contribution in [-0.2, 0) is 14.2 Å². The zero-order valence-electron chi connectivity index (χ0n) is 13.2. The van der Waals surface area contributed by atoms with Gasteiger partial charge in [-0.25, -0.2) is 4.79 Å². The minimum atomic E-state index is -0.684. The number of carbonyl (C=O) groups is 1. The van der Waals surface area contributed by atoms with Gasteiger partial charge >= 0.3 is 6.09 Å². The first-order valence-electron chi connectivity index (χ1n) is 7.10. The molecular weight excluding hydrogens is 258 g/mol. The molecule has 5 nitrogen and oxygen atoms in total. The average Bonchev–Trinajstić information content (AvgIpc) is 2.79. The van der Waals surface area contributed by atoms with Gasteiger partial charge in [-0.05, 0) is 41.5 Å². The van der Waals surface area contributed by atoms with E-state index in [1.54, 1.807) is 4.90 Å². The van der Waals surface area contributed by atoms with Gasteiger partial charge in [-0.15, -0.1) is 0 Å². The lowest BCUT2D eigenvalue weighted by Gasteiger charge is -2.36. The van der Waals surface area contributed by atoms with E-state index >= 15 is 0 Å². The van der Waals surface area contributed by atoms with Gasteiger partial charge in [0.1, 0.15) is 11.3 Å². The van der Waals surface area contributed by atoms with Crippen molar-refractivity contribution >= 4 is 6.09 Å². The van der Waals surface area contributed by atoms with Crippen LogP contribution in [0.3, 0.4) is 0 Å². The molecule has 0 aromatic heterocycles. The van der Waals surface area contributed by atoms with Gasteiger partial charge in [-0.2, -0.15) is 0 Å². The van der Waals surface area contributed by atoms with Gasteiger partial charge in [0.25, 0.3) is 0 Å². The summed E-state index contributed by atoms with van der Waals surface area (Å²) in [6.45, 7) is 11.8. The van der Waals surface area contributed by atoms with Crippen LogP contribution in [0.1, 0.15) is 41.5 Å². The molecule has 0 aromatic rings. The SMILES string of the molecule is CC1C=C[C@H]([C@H]2COC(C)(C)N2C(=O)OC(C)(C)C)O1. The van der Waals surface area contributed by atoms with E-state index < -0.39 is 11.3 Å². The van der Waals surface area contributed by atoms with Gasteiger partial charge in [0.15, 0.2) is 0 Å². The molecule has 2 heterocycles. The Kier molecular flexibility index (Phi) is 3.86. The fraction of sp³-hybridized carbons (Fsp3) is 0.800. The molecule has 0 radical (unpaired) electrons. The first kappa shape index (κ1) is 15.3. The van der Waals surface area contributed by atoms with Crippen LogP contribution < -0.4 is 0 Å². The average molecular weight is 283 g/mol. The molecule has 5 heteroatoms. The highest BCUT2D eigenvalue weighted by atomic mass is 16.6. The zero-order chi connectivity index (χ0) is 15.1. The van der Waals surface area contributed by atoms with Crippen molar-refractivity contribution in [3.8, 4) is 0 Å². The monoisotopic (exact) mass is 283 g/mol. The minimum Gasteiger partial charge on any atom is -0.444 e. The smallest absolute Gasteiger partial charge is 0.413 e. The fourth-order valence-electron chi connectivity index (χ4n) is 2.56. The molecule has 2 aliphatic rings. The summed E-state index contributed by atoms with van der Waals surface area (Å²) in [5.41, 5.74) is -1.21. The largest absolute Gasteiger partial charge is 0.444 e. The molecule has 2 aliphatic heterocycles. The number of nitrogens with zero attached hydrogens (tertiary/aromatic N) is 1. The second-order valence-electron chi connectivity index (χ2n) is 6.87. The molecule has 20 heavy (non-hydrogen) atoms. The second kappa shape index (κ2) is 5.04. The summed E-state index contributed by atoms with van der Waals surface area (Å²) in [5, 5.41) is 0. The van der Waals surface area contributed by atoms with Crippen LogP contribution in [0.15, 0.2) is 12.2 Å². The number of carbonyl (C=O) groups excluding carboxylic acids is 1. The van der Waals surface area contributed by atoms with Crippen molar-refractivity contribution in [1.82, 2.24) is 4.90 Å². The molecule has 2 rings (SSSR count). The molecule has 1 fully saturated rings. The van der Waals surface area contributed by atoms with Crippen molar-refractivity contribution in [2.75, 3.05) is 6.61 Å². The second-order valence-corrected chi connectivity index (χ2v) is 6.87. The molecular formula is C15H25NO4. The molecule has 3 atom stereocenters. The van der Waals surface area contributed by atoms with Gasteiger partial charge in [-0.3, -0.25) is 4.90 Å². The number of amides is 1. The summed E-state index contributed by atoms with van der Waals surface area (Å²) < 4.78 is 17.1. The Morgan fingerprint density at radius 2 is 2.00 bits per heavy atom. The van der Waals surface area contributed by atoms with Gasteiger partial charge in [0, 0.05) is 0 Å². The molecule has 0 aromatic carbocycles. The molecule has 1 unspecified atom stereocenters. The van der Waals surface area contributed by atoms with Crippen LogP contribution in [0.5, 0.6) is 0 Å². The Bertz CT molecular complexity index is 411. The summed E-state index contributed by atoms with van der Waals surface area (Å²) in [7, 11) is 0. The van der Waals surface area contributed by atoms with Crippen LogP contribution in [-0.4, -0.2) is 47.2 Å². The highest BCUT2D eigenvalue weighted by molar-refractivity contribution is 5.70. The van der Waals surface area contributed by atoms with Crippen molar-refractivity contribution in [2.24, 2.45) is 0 Å². The third kappa shape index (κ3) is 3.15. The number of ether oxygens (including phenoxy) is 3. The number of rotatable bonds is 1. The Morgan fingerprint density at radius 1 is 1.35 bits per heavy atom. The molecule has 0 bridgehead atoms. The van der Waals surface area contributed by atoms with Crippen molar-refractivity contribution in [1.29, 1.82) is 0 Å². The molecule has 114 valence electrons. The Morgan fingerprint density at radius 3 is 2.50 bits per heavy atom. The normalized spacial score (nSPS) is 32.7. The topological polar surface area (TPSA) is 48.0 Å². The Balaban J connectivity index is 2.16. The standard InChI is InChI=1S/C15H25NO4/c1-10-7-8-12(19-10)11-9-18-15(5,6)16(11)13(17)20-14(2,3)4/h7-8,10-12H,9H2,1-6H3/t10?,11-,12-/m1/s1. The summed E-state index contributed by atoms with van der Waals surface area (Å²) in [6.07, 6.45) is 3.57. The van der Waals surface area contributed by atoms with E-state index in [2.05, 4.69) is 0 Å². The van der Waals surface area contributed by atoms with E-state index in [1.165, 1.54) is 0 Å². The Labute approximate surface area is 120 Å². The molecule has 1 saturated heterocycles. The third-order valence-corrected chi connectivity index (χ3v) is 3.43. The summed E-state index contributed by atoms with van der Waals surface area (Å²) in [5.74, 6) is 0. The number of hydrogen-bond acceptors (Lipinski definition) is 4. The maximum absolute atomic E-state index is 12.5. The van der Waals surface area contributed by atoms with Crippen LogP contribution in [0.4, 0.5) is 4.79 Å². The molecule has 0 spiro atoms. The van der Waals surface area contributed by atoms with E-state index in [0.29, 0.717) is 6.61 Å². The van der Waals surface area contributed by atoms with Gasteiger partial charge in [0.2, 0.25) is 0 Å². The maximum Gasteiger partial charge on any atom is 0.413 e. The highest BCUT2D eigenvalue weighted by Crippen LogP contribution is 2.33. The predicted molar refractivity (Wildman–Crippen MR) is 75.4 cm³/mol. The van der Waals surface area contributed by atoms with Crippen LogP contribution in [0, 0.1) is 0 Å². The van der Waals surface area contributed by atoms with Gasteiger partial charge in [-0.1, -0.05) is 12.2 Å². The lowest BCUT2D eigenvalue weighted by molar-refractivity contribution is -0.0694. The lowest BCUT2D eigenvalue weighted by atomic mass is 10.1. The van der Waals surface area contributed by atoms with Crippen molar-refractivity contribution in [3.05, 3.63) is 12.2 Å². The van der Waals surface area contributed by atoms with Crippen LogP contribution in [0.2, 0.25) is 0 Å². The van der Waals surface area contributed by atoms with Gasteiger partial charge in [0.05, 0.1) is 24.9 Å². The molecule has 0 N–H and O–H groups in total. The van der Waals surface area contributed by atoms with Crippen LogP contribution in [0.25, 0.3) is 0 Å². The van der Waals surface area contributed by atoms with E-state index in [1.807, 2.05) is 53.7 Å². The summed E-state index contributed by atoms with van der Waals surface area (Å²) in [4.78, 5) is 14.1. The van der Waals surface area contributed by atoms with E-state index in [9.17, 15) is 4.79 Å². The zero-order valence-corrected chi connectivity index (χ0v) is 13.2. The fourth-order valence-corrected chi connectivity index (χ4v) is 2.56. The Hall–Kier alpha value is -1.07. The predicted octanol–water partition coefficient (Wildman–Crippen LogP) is 2.70. The molecule has 0 aliphatic carbocycles. The van der Waals surface area contributed by atoms with Crippen LogP contribution >= 0.6 is 0 Å². The first-order valence-corrected chi connectivity index (χ1v) is 7.10. The first-order chi connectivity index (χ1) is 9.10.